The van der Waals surface area contributed by atoms with Gasteiger partial charge >= 0.3 is 0 Å². The van der Waals surface area contributed by atoms with Crippen LogP contribution in [0.4, 0.5) is 11.4 Å². The number of anilines is 2. The number of benzene rings is 4. The summed E-state index contributed by atoms with van der Waals surface area (Å²) in [6.07, 6.45) is 0. The van der Waals surface area contributed by atoms with E-state index < -0.39 is 0 Å². The van der Waals surface area contributed by atoms with E-state index in [-0.39, 0.29) is 0 Å². The van der Waals surface area contributed by atoms with Crippen LogP contribution in [0, 0.1) is 0 Å². The van der Waals surface area contributed by atoms with Gasteiger partial charge in [0.1, 0.15) is 0 Å². The van der Waals surface area contributed by atoms with Crippen LogP contribution in [0.25, 0.3) is 22.3 Å². The number of hydrogen-bond donors (Lipinski definition) is 1. The van der Waals surface area contributed by atoms with E-state index in [0.29, 0.717) is 5.02 Å². The predicted molar refractivity (Wildman–Crippen MR) is 120 cm³/mol. The average Bonchev–Trinajstić information content (AvgIpc) is 2.69. The van der Waals surface area contributed by atoms with Gasteiger partial charge in [-0.05, 0) is 29.3 Å². The molecule has 0 atom stereocenters. The highest BCUT2D eigenvalue weighted by Crippen LogP contribution is 2.39. The molecule has 4 rings (SSSR count). The lowest BCUT2D eigenvalue weighted by Gasteiger charge is -2.18. The Morgan fingerprint density at radius 2 is 1.19 bits per heavy atom. The zero-order valence-corrected chi connectivity index (χ0v) is 16.8. The molecule has 1 nitrogen and oxygen atoms in total. The minimum absolute atomic E-state index is 0.685. The second kappa shape index (κ2) is 7.99. The normalized spacial score (nSPS) is 10.6. The van der Waals surface area contributed by atoms with Crippen molar-refractivity contribution in [3.05, 3.63) is 107 Å². The highest BCUT2D eigenvalue weighted by Gasteiger charge is 2.12. The molecule has 0 saturated heterocycles. The van der Waals surface area contributed by atoms with Gasteiger partial charge in [-0.15, -0.1) is 0 Å². The maximum Gasteiger partial charge on any atom is 0.0543 e. The van der Waals surface area contributed by atoms with Crippen LogP contribution in [0.3, 0.4) is 0 Å². The molecule has 0 fully saturated rings. The molecule has 0 aliphatic rings. The lowest BCUT2D eigenvalue weighted by Crippen LogP contribution is -1.97. The molecule has 0 aromatic heterocycles. The van der Waals surface area contributed by atoms with Crippen molar-refractivity contribution in [1.82, 2.24) is 0 Å². The van der Waals surface area contributed by atoms with Gasteiger partial charge in [0.25, 0.3) is 0 Å². The van der Waals surface area contributed by atoms with Gasteiger partial charge in [0.2, 0.25) is 0 Å². The molecule has 132 valence electrons. The van der Waals surface area contributed by atoms with Crippen molar-refractivity contribution in [2.45, 2.75) is 0 Å². The lowest BCUT2D eigenvalue weighted by molar-refractivity contribution is 1.51. The first-order chi connectivity index (χ1) is 13.2. The van der Waals surface area contributed by atoms with Crippen LogP contribution in [-0.2, 0) is 0 Å². The van der Waals surface area contributed by atoms with Gasteiger partial charge in [-0.2, -0.15) is 0 Å². The highest BCUT2D eigenvalue weighted by atomic mass is 79.9. The number of hydrogen-bond acceptors (Lipinski definition) is 1. The second-order valence-electron chi connectivity index (χ2n) is 6.24. The molecule has 0 spiro atoms. The zero-order valence-electron chi connectivity index (χ0n) is 14.5. The van der Waals surface area contributed by atoms with Crippen molar-refractivity contribution < 1.29 is 0 Å². The van der Waals surface area contributed by atoms with Gasteiger partial charge in [0, 0.05) is 26.3 Å². The van der Waals surface area contributed by atoms with Crippen LogP contribution in [0.5, 0.6) is 0 Å². The van der Waals surface area contributed by atoms with Gasteiger partial charge in [-0.25, -0.2) is 0 Å². The highest BCUT2D eigenvalue weighted by molar-refractivity contribution is 9.10. The van der Waals surface area contributed by atoms with Crippen LogP contribution in [0.15, 0.2) is 102 Å². The average molecular weight is 435 g/mol. The van der Waals surface area contributed by atoms with Crippen molar-refractivity contribution in [3.63, 3.8) is 0 Å². The summed E-state index contributed by atoms with van der Waals surface area (Å²) in [7, 11) is 0. The number of halogens is 2. The van der Waals surface area contributed by atoms with Crippen LogP contribution in [0.1, 0.15) is 0 Å². The third-order valence-corrected chi connectivity index (χ3v) is 5.04. The number of rotatable bonds is 4. The summed E-state index contributed by atoms with van der Waals surface area (Å²) in [5, 5.41) is 4.29. The second-order valence-corrected chi connectivity index (χ2v) is 7.60. The fourth-order valence-electron chi connectivity index (χ4n) is 3.17. The quantitative estimate of drug-likeness (QED) is 0.341. The monoisotopic (exact) mass is 433 g/mol. The minimum Gasteiger partial charge on any atom is -0.354 e. The molecule has 0 unspecified atom stereocenters. The van der Waals surface area contributed by atoms with Crippen molar-refractivity contribution in [2.24, 2.45) is 0 Å². The molecule has 0 aliphatic heterocycles. The smallest absolute Gasteiger partial charge is 0.0543 e. The first-order valence-electron chi connectivity index (χ1n) is 8.68. The molecule has 4 aromatic rings. The lowest BCUT2D eigenvalue weighted by atomic mass is 9.95. The molecular weight excluding hydrogens is 418 g/mol. The van der Waals surface area contributed by atoms with Crippen LogP contribution in [0.2, 0.25) is 5.02 Å². The van der Waals surface area contributed by atoms with Crippen LogP contribution < -0.4 is 5.32 Å². The summed E-state index contributed by atoms with van der Waals surface area (Å²) in [4.78, 5) is 0. The van der Waals surface area contributed by atoms with Gasteiger partial charge in [0.05, 0.1) is 5.69 Å². The summed E-state index contributed by atoms with van der Waals surface area (Å²) in [5.74, 6) is 0. The molecule has 0 heterocycles. The van der Waals surface area contributed by atoms with Crippen molar-refractivity contribution >= 4 is 38.9 Å². The molecule has 27 heavy (non-hydrogen) atoms. The SMILES string of the molecule is Clc1cc(Br)cc(Nc2c(-c3ccccc3)cccc2-c2ccccc2)c1. The topological polar surface area (TPSA) is 12.0 Å². The molecule has 1 N–H and O–H groups in total. The van der Waals surface area contributed by atoms with Crippen molar-refractivity contribution in [3.8, 4) is 22.3 Å². The third-order valence-electron chi connectivity index (χ3n) is 4.37. The van der Waals surface area contributed by atoms with E-state index in [4.69, 9.17) is 11.6 Å². The first-order valence-corrected chi connectivity index (χ1v) is 9.85. The van der Waals surface area contributed by atoms with Gasteiger partial charge < -0.3 is 5.32 Å². The van der Waals surface area contributed by atoms with Crippen LogP contribution in [-0.4, -0.2) is 0 Å². The molecule has 4 aromatic carbocycles. The molecule has 3 heteroatoms. The Morgan fingerprint density at radius 3 is 1.70 bits per heavy atom. The summed E-state index contributed by atoms with van der Waals surface area (Å²) in [5.41, 5.74) is 6.62. The van der Waals surface area contributed by atoms with E-state index in [2.05, 4.69) is 88.0 Å². The number of nitrogens with one attached hydrogen (secondary N) is 1. The minimum atomic E-state index is 0.685. The Labute approximate surface area is 172 Å². The molecule has 0 amide bonds. The Morgan fingerprint density at radius 1 is 0.630 bits per heavy atom. The Kier molecular flexibility index (Phi) is 5.28. The summed E-state index contributed by atoms with van der Waals surface area (Å²) >= 11 is 9.79. The van der Waals surface area contributed by atoms with Gasteiger partial charge in [0.15, 0.2) is 0 Å². The van der Waals surface area contributed by atoms with E-state index in [1.54, 1.807) is 0 Å². The van der Waals surface area contributed by atoms with Gasteiger partial charge in [-0.1, -0.05) is 106 Å². The zero-order chi connectivity index (χ0) is 18.6. The Balaban J connectivity index is 1.90. The van der Waals surface area contributed by atoms with E-state index in [1.807, 2.05) is 30.3 Å². The molecular formula is C24H17BrClN. The van der Waals surface area contributed by atoms with E-state index in [0.717, 1.165) is 27.0 Å². The van der Waals surface area contributed by atoms with Crippen LogP contribution >= 0.6 is 27.5 Å². The van der Waals surface area contributed by atoms with E-state index in [9.17, 15) is 0 Å². The Hall–Kier alpha value is -2.55. The molecule has 0 saturated carbocycles. The standard InChI is InChI=1S/C24H17BrClN/c25-19-14-20(26)16-21(15-19)27-24-22(17-8-3-1-4-9-17)12-7-13-23(24)18-10-5-2-6-11-18/h1-16,27H. The number of para-hydroxylation sites is 1. The third kappa shape index (κ3) is 4.08. The summed E-state index contributed by atoms with van der Waals surface area (Å²) in [6.45, 7) is 0. The largest absolute Gasteiger partial charge is 0.354 e. The predicted octanol–water partition coefficient (Wildman–Crippen LogP) is 8.18. The summed E-state index contributed by atoms with van der Waals surface area (Å²) < 4.78 is 0.941. The molecule has 0 radical (unpaired) electrons. The first kappa shape index (κ1) is 17.8. The van der Waals surface area contributed by atoms with Crippen molar-refractivity contribution in [1.29, 1.82) is 0 Å². The fourth-order valence-corrected chi connectivity index (χ4v) is 4.03. The maximum absolute atomic E-state index is 6.26. The fraction of sp³-hybridized carbons (Fsp3) is 0. The van der Waals surface area contributed by atoms with Gasteiger partial charge in [-0.3, -0.25) is 0 Å². The molecule has 0 aliphatic carbocycles. The maximum atomic E-state index is 6.26. The van der Waals surface area contributed by atoms with E-state index in [1.165, 1.54) is 11.1 Å². The molecule has 0 bridgehead atoms. The summed E-state index contributed by atoms with van der Waals surface area (Å²) in [6, 6.07) is 33.1. The van der Waals surface area contributed by atoms with Crippen molar-refractivity contribution in [2.75, 3.05) is 5.32 Å². The Bertz CT molecular complexity index is 984. The van der Waals surface area contributed by atoms with E-state index >= 15 is 0 Å².